The number of carboxylic acids is 1. The molecule has 0 aliphatic heterocycles. The van der Waals surface area contributed by atoms with Crippen molar-refractivity contribution in [3.8, 4) is 0 Å². The van der Waals surface area contributed by atoms with Crippen LogP contribution in [0.1, 0.15) is 61.1 Å². The molecule has 1 aliphatic carbocycles. The van der Waals surface area contributed by atoms with E-state index in [-0.39, 0.29) is 12.2 Å². The van der Waals surface area contributed by atoms with E-state index in [1.165, 1.54) is 16.0 Å². The highest BCUT2D eigenvalue weighted by molar-refractivity contribution is 9.10. The maximum Gasteiger partial charge on any atom is 0.303 e. The van der Waals surface area contributed by atoms with Crippen LogP contribution in [0.15, 0.2) is 34.5 Å². The minimum absolute atomic E-state index is 0.132. The summed E-state index contributed by atoms with van der Waals surface area (Å²) in [6, 6.07) is 2.13. The molecule has 7 heteroatoms. The molecular formula is C22H29BrO5S. The van der Waals surface area contributed by atoms with Crippen molar-refractivity contribution in [3.63, 3.8) is 0 Å². The van der Waals surface area contributed by atoms with Crippen LogP contribution in [0.5, 0.6) is 0 Å². The lowest BCUT2D eigenvalue weighted by molar-refractivity contribution is -0.137. The number of aliphatic hydroxyl groups is 1. The van der Waals surface area contributed by atoms with E-state index in [2.05, 4.69) is 28.9 Å². The predicted octanol–water partition coefficient (Wildman–Crippen LogP) is 5.34. The SMILES string of the molecule is Cc1sc(CCCC(=O)CC=C2CCC(O)[C@@H]2OC=CCCCC(=O)O)cc1Br. The third kappa shape index (κ3) is 8.44. The van der Waals surface area contributed by atoms with Crippen molar-refractivity contribution in [1.29, 1.82) is 0 Å². The van der Waals surface area contributed by atoms with Crippen molar-refractivity contribution >= 4 is 39.0 Å². The quantitative estimate of drug-likeness (QED) is 0.237. The van der Waals surface area contributed by atoms with Gasteiger partial charge < -0.3 is 14.9 Å². The van der Waals surface area contributed by atoms with Gasteiger partial charge in [-0.1, -0.05) is 6.08 Å². The highest BCUT2D eigenvalue weighted by Crippen LogP contribution is 2.29. The number of allylic oxidation sites excluding steroid dienone is 2. The van der Waals surface area contributed by atoms with E-state index in [9.17, 15) is 14.7 Å². The molecule has 29 heavy (non-hydrogen) atoms. The first-order valence-electron chi connectivity index (χ1n) is 10.0. The van der Waals surface area contributed by atoms with Gasteiger partial charge >= 0.3 is 5.97 Å². The van der Waals surface area contributed by atoms with Gasteiger partial charge in [-0.25, -0.2) is 0 Å². The summed E-state index contributed by atoms with van der Waals surface area (Å²) in [4.78, 5) is 25.3. The first-order chi connectivity index (χ1) is 13.9. The molecule has 1 aromatic rings. The number of Topliss-reactive ketones (excluding diaryl/α,β-unsaturated/α-hetero) is 1. The average Bonchev–Trinajstić information content (AvgIpc) is 3.17. The number of hydrogen-bond donors (Lipinski definition) is 2. The zero-order valence-electron chi connectivity index (χ0n) is 16.7. The lowest BCUT2D eigenvalue weighted by atomic mass is 10.1. The number of thiophene rings is 1. The van der Waals surface area contributed by atoms with Crippen LogP contribution in [-0.2, 0) is 20.7 Å². The molecule has 2 rings (SSSR count). The smallest absolute Gasteiger partial charge is 0.303 e. The highest BCUT2D eigenvalue weighted by Gasteiger charge is 2.30. The number of carbonyl (C=O) groups is 2. The summed E-state index contributed by atoms with van der Waals surface area (Å²) in [6.07, 6.45) is 9.60. The fourth-order valence-electron chi connectivity index (χ4n) is 3.28. The van der Waals surface area contributed by atoms with Gasteiger partial charge in [0.05, 0.1) is 12.4 Å². The minimum atomic E-state index is -0.807. The number of ether oxygens (including phenoxy) is 1. The molecule has 1 fully saturated rings. The lowest BCUT2D eigenvalue weighted by Gasteiger charge is -2.16. The molecule has 0 bridgehead atoms. The Kier molecular flexibility index (Phi) is 10.1. The van der Waals surface area contributed by atoms with Crippen LogP contribution in [0.4, 0.5) is 0 Å². The molecule has 2 N–H and O–H groups in total. The van der Waals surface area contributed by atoms with E-state index in [4.69, 9.17) is 9.84 Å². The van der Waals surface area contributed by atoms with Gasteiger partial charge in [0.15, 0.2) is 0 Å². The molecule has 0 spiro atoms. The van der Waals surface area contributed by atoms with E-state index in [0.29, 0.717) is 32.1 Å². The van der Waals surface area contributed by atoms with Crippen LogP contribution in [0, 0.1) is 6.92 Å². The largest absolute Gasteiger partial charge is 0.491 e. The van der Waals surface area contributed by atoms with E-state index < -0.39 is 18.2 Å². The molecule has 1 aliphatic rings. The van der Waals surface area contributed by atoms with Crippen LogP contribution in [0.2, 0.25) is 0 Å². The molecule has 0 aromatic carbocycles. The zero-order valence-corrected chi connectivity index (χ0v) is 19.1. The number of unbranched alkanes of at least 4 members (excludes halogenated alkanes) is 1. The molecule has 2 atom stereocenters. The molecule has 1 unspecified atom stereocenters. The first-order valence-corrected chi connectivity index (χ1v) is 11.6. The first kappa shape index (κ1) is 23.8. The molecule has 160 valence electrons. The predicted molar refractivity (Wildman–Crippen MR) is 118 cm³/mol. The van der Waals surface area contributed by atoms with Gasteiger partial charge in [-0.15, -0.1) is 11.3 Å². The number of aliphatic hydroxyl groups excluding tert-OH is 1. The normalized spacial score (nSPS) is 20.6. The van der Waals surface area contributed by atoms with Crippen molar-refractivity contribution in [2.75, 3.05) is 0 Å². The third-order valence-electron chi connectivity index (χ3n) is 4.91. The van der Waals surface area contributed by atoms with Gasteiger partial charge in [0.2, 0.25) is 0 Å². The number of aliphatic carboxylic acids is 1. The van der Waals surface area contributed by atoms with Crippen molar-refractivity contribution in [2.24, 2.45) is 0 Å². The van der Waals surface area contributed by atoms with E-state index >= 15 is 0 Å². The zero-order chi connectivity index (χ0) is 21.2. The fourth-order valence-corrected chi connectivity index (χ4v) is 4.92. The van der Waals surface area contributed by atoms with E-state index in [1.54, 1.807) is 17.4 Å². The summed E-state index contributed by atoms with van der Waals surface area (Å²) in [5.74, 6) is -0.604. The maximum atomic E-state index is 12.2. The molecule has 0 amide bonds. The van der Waals surface area contributed by atoms with Crippen molar-refractivity contribution in [1.82, 2.24) is 0 Å². The molecule has 0 radical (unpaired) electrons. The van der Waals surface area contributed by atoms with Crippen molar-refractivity contribution in [3.05, 3.63) is 44.3 Å². The van der Waals surface area contributed by atoms with E-state index in [1.807, 2.05) is 6.08 Å². The van der Waals surface area contributed by atoms with Crippen LogP contribution in [-0.4, -0.2) is 34.2 Å². The number of hydrogen-bond acceptors (Lipinski definition) is 5. The Bertz CT molecular complexity index is 733. The summed E-state index contributed by atoms with van der Waals surface area (Å²) >= 11 is 5.28. The topological polar surface area (TPSA) is 83.8 Å². The van der Waals surface area contributed by atoms with Crippen LogP contribution < -0.4 is 0 Å². The molecule has 1 heterocycles. The minimum Gasteiger partial charge on any atom is -0.491 e. The summed E-state index contributed by atoms with van der Waals surface area (Å²) in [5.41, 5.74) is 0.971. The van der Waals surface area contributed by atoms with Gasteiger partial charge in [-0.2, -0.15) is 0 Å². The standard InChI is InChI=1S/C22H29BrO5S/c1-15-19(23)14-18(29-15)7-5-6-17(24)11-9-16-10-12-20(25)22(16)28-13-4-2-3-8-21(26)27/h4,9,13-14,20,22,25H,2-3,5-8,10-12H2,1H3,(H,26,27)/t20?,22-/m1/s1. The number of halogens is 1. The molecule has 5 nitrogen and oxygen atoms in total. The monoisotopic (exact) mass is 484 g/mol. The van der Waals surface area contributed by atoms with Crippen LogP contribution in [0.25, 0.3) is 0 Å². The van der Waals surface area contributed by atoms with Crippen LogP contribution >= 0.6 is 27.3 Å². The Morgan fingerprint density at radius 3 is 2.83 bits per heavy atom. The molecular weight excluding hydrogens is 456 g/mol. The second-order valence-electron chi connectivity index (χ2n) is 7.31. The van der Waals surface area contributed by atoms with Gasteiger partial charge in [0.25, 0.3) is 0 Å². The van der Waals surface area contributed by atoms with Crippen LogP contribution in [0.3, 0.4) is 0 Å². The Morgan fingerprint density at radius 2 is 2.14 bits per heavy atom. The highest BCUT2D eigenvalue weighted by atomic mass is 79.9. The second kappa shape index (κ2) is 12.3. The van der Waals surface area contributed by atoms with Gasteiger partial charge in [0.1, 0.15) is 11.9 Å². The Balaban J connectivity index is 1.73. The number of aryl methyl sites for hydroxylation is 2. The molecule has 1 saturated carbocycles. The van der Waals surface area contributed by atoms with Crippen molar-refractivity contribution in [2.45, 2.75) is 76.9 Å². The molecule has 0 saturated heterocycles. The van der Waals surface area contributed by atoms with Crippen molar-refractivity contribution < 1.29 is 24.5 Å². The van der Waals surface area contributed by atoms with Gasteiger partial charge in [-0.3, -0.25) is 9.59 Å². The Morgan fingerprint density at radius 1 is 1.34 bits per heavy atom. The summed E-state index contributed by atoms with van der Waals surface area (Å²) in [7, 11) is 0. The number of rotatable bonds is 12. The van der Waals surface area contributed by atoms with Gasteiger partial charge in [-0.05, 0) is 79.1 Å². The maximum absolute atomic E-state index is 12.2. The lowest BCUT2D eigenvalue weighted by Crippen LogP contribution is -2.22. The summed E-state index contributed by atoms with van der Waals surface area (Å²) in [5, 5.41) is 18.7. The average molecular weight is 485 g/mol. The number of carboxylic acid groups (broad SMARTS) is 1. The fraction of sp³-hybridized carbons (Fsp3) is 0.545. The molecule has 1 aromatic heterocycles. The van der Waals surface area contributed by atoms with E-state index in [0.717, 1.165) is 29.3 Å². The number of carbonyl (C=O) groups excluding carboxylic acids is 1. The summed E-state index contributed by atoms with van der Waals surface area (Å²) in [6.45, 7) is 2.08. The number of ketones is 1. The third-order valence-corrected chi connectivity index (χ3v) is 7.10. The second-order valence-corrected chi connectivity index (χ2v) is 9.51. The van der Waals surface area contributed by atoms with Gasteiger partial charge in [0, 0.05) is 33.5 Å². The Labute approximate surface area is 184 Å². The Hall–Kier alpha value is -1.44. The summed E-state index contributed by atoms with van der Waals surface area (Å²) < 4.78 is 6.79.